The van der Waals surface area contributed by atoms with Crippen molar-refractivity contribution in [1.82, 2.24) is 14.9 Å². The maximum atomic E-state index is 12.1. The lowest BCUT2D eigenvalue weighted by Gasteiger charge is -2.09. The van der Waals surface area contributed by atoms with Gasteiger partial charge in [-0.3, -0.25) is 10.2 Å². The van der Waals surface area contributed by atoms with Gasteiger partial charge in [-0.1, -0.05) is 35.0 Å². The van der Waals surface area contributed by atoms with E-state index < -0.39 is 0 Å². The Morgan fingerprint density at radius 1 is 1.32 bits per heavy atom. The molecule has 1 aromatic heterocycles. The van der Waals surface area contributed by atoms with E-state index in [9.17, 15) is 4.79 Å². The van der Waals surface area contributed by atoms with E-state index in [2.05, 4.69) is 15.6 Å². The Labute approximate surface area is 124 Å². The third-order valence-electron chi connectivity index (χ3n) is 2.37. The van der Waals surface area contributed by atoms with Crippen molar-refractivity contribution in [3.8, 4) is 0 Å². The molecule has 1 N–H and O–H groups in total. The van der Waals surface area contributed by atoms with Crippen LogP contribution in [0.5, 0.6) is 0 Å². The van der Waals surface area contributed by atoms with Crippen LogP contribution in [-0.4, -0.2) is 27.0 Å². The normalized spacial score (nSPS) is 10.5. The quantitative estimate of drug-likeness (QED) is 0.884. The zero-order chi connectivity index (χ0) is 14.0. The molecule has 0 spiro atoms. The molecule has 8 heteroatoms. The first-order chi connectivity index (χ1) is 9.02. The summed E-state index contributed by atoms with van der Waals surface area (Å²) >= 11 is 13.1. The molecule has 0 aliphatic carbocycles. The number of hydrogen-bond donors (Lipinski definition) is 1. The van der Waals surface area contributed by atoms with Gasteiger partial charge >= 0.3 is 0 Å². The molecule has 1 aromatic carbocycles. The number of aryl methyl sites for hydroxylation is 1. The van der Waals surface area contributed by atoms with Gasteiger partial charge in [0, 0.05) is 5.56 Å². The molecule has 0 atom stereocenters. The van der Waals surface area contributed by atoms with Gasteiger partial charge in [-0.05, 0) is 31.4 Å². The maximum absolute atomic E-state index is 12.1. The summed E-state index contributed by atoms with van der Waals surface area (Å²) in [6.07, 6.45) is 1.85. The summed E-state index contributed by atoms with van der Waals surface area (Å²) in [4.78, 5) is 12.1. The van der Waals surface area contributed by atoms with Crippen LogP contribution in [0.3, 0.4) is 0 Å². The van der Waals surface area contributed by atoms with Crippen LogP contribution in [0, 0.1) is 6.92 Å². The minimum absolute atomic E-state index is 0.309. The first kappa shape index (κ1) is 14.2. The maximum Gasteiger partial charge on any atom is 0.270 e. The molecule has 19 heavy (non-hydrogen) atoms. The Morgan fingerprint density at radius 3 is 2.68 bits per heavy atom. The summed E-state index contributed by atoms with van der Waals surface area (Å²) in [6.45, 7) is 1.75. The summed E-state index contributed by atoms with van der Waals surface area (Å²) in [7, 11) is 0. The number of carbonyl (C=O) groups is 1. The van der Waals surface area contributed by atoms with Crippen LogP contribution in [0.25, 0.3) is 0 Å². The minimum Gasteiger partial charge on any atom is -0.267 e. The van der Waals surface area contributed by atoms with Crippen molar-refractivity contribution < 1.29 is 4.79 Å². The Kier molecular flexibility index (Phi) is 4.34. The summed E-state index contributed by atoms with van der Waals surface area (Å²) in [5.41, 5.74) is 3.11. The van der Waals surface area contributed by atoms with Gasteiger partial charge in [0.25, 0.3) is 5.91 Å². The number of hydrogen-bond acceptors (Lipinski definition) is 4. The molecule has 0 aliphatic heterocycles. The van der Waals surface area contributed by atoms with E-state index in [0.29, 0.717) is 26.6 Å². The number of thioether (sulfide) groups is 1. The first-order valence-corrected chi connectivity index (χ1v) is 7.23. The Hall–Kier alpha value is -1.24. The first-order valence-electron chi connectivity index (χ1n) is 5.25. The number of nitrogens with one attached hydrogen (secondary N) is 1. The Morgan fingerprint density at radius 2 is 2.05 bits per heavy atom. The summed E-state index contributed by atoms with van der Waals surface area (Å²) in [5.74, 6) is 0.287. The predicted molar refractivity (Wildman–Crippen MR) is 76.7 cm³/mol. The van der Waals surface area contributed by atoms with E-state index >= 15 is 0 Å². The van der Waals surface area contributed by atoms with Crippen LogP contribution in [0.1, 0.15) is 16.2 Å². The number of amides is 1. The van der Waals surface area contributed by atoms with E-state index in [0.717, 1.165) is 0 Å². The van der Waals surface area contributed by atoms with Crippen LogP contribution in [0.15, 0.2) is 23.4 Å². The van der Waals surface area contributed by atoms with Gasteiger partial charge in [0.2, 0.25) is 5.16 Å². The van der Waals surface area contributed by atoms with Crippen LogP contribution < -0.4 is 5.43 Å². The fraction of sp³-hybridized carbons (Fsp3) is 0.182. The van der Waals surface area contributed by atoms with E-state index in [-0.39, 0.29) is 5.91 Å². The summed E-state index contributed by atoms with van der Waals surface area (Å²) in [5, 5.41) is 9.16. The number of nitrogens with zero attached hydrogens (tertiary/aromatic N) is 3. The molecule has 2 aromatic rings. The predicted octanol–water partition coefficient (Wildman–Crippen LogP) is 3.00. The Balaban J connectivity index is 2.25. The number of benzene rings is 1. The smallest absolute Gasteiger partial charge is 0.267 e. The number of carbonyl (C=O) groups excluding carboxylic acids is 1. The van der Waals surface area contributed by atoms with Crippen LogP contribution >= 0.6 is 35.0 Å². The van der Waals surface area contributed by atoms with Gasteiger partial charge < -0.3 is 0 Å². The molecule has 0 radical (unpaired) electrons. The van der Waals surface area contributed by atoms with E-state index in [1.54, 1.807) is 19.1 Å². The standard InChI is InChI=1S/C11H10Cl2N4OS/c1-6-14-15-11(19-2)17(6)16-10(18)7-3-4-8(12)9(13)5-7/h3-5H,1-2H3,(H,16,18). The molecule has 0 saturated heterocycles. The molecule has 0 unspecified atom stereocenters. The molecule has 100 valence electrons. The minimum atomic E-state index is -0.309. The lowest BCUT2D eigenvalue weighted by atomic mass is 10.2. The molecule has 0 saturated carbocycles. The molecule has 5 nitrogen and oxygen atoms in total. The number of halogens is 2. The number of rotatable bonds is 3. The molecule has 0 fully saturated rings. The lowest BCUT2D eigenvalue weighted by molar-refractivity contribution is 0.101. The second kappa shape index (κ2) is 5.81. The van der Waals surface area contributed by atoms with E-state index in [1.807, 2.05) is 6.26 Å². The van der Waals surface area contributed by atoms with Crippen LogP contribution in [0.2, 0.25) is 10.0 Å². The van der Waals surface area contributed by atoms with Crippen molar-refractivity contribution in [1.29, 1.82) is 0 Å². The van der Waals surface area contributed by atoms with Gasteiger partial charge in [-0.2, -0.15) is 0 Å². The lowest BCUT2D eigenvalue weighted by Crippen LogP contribution is -2.24. The SMILES string of the molecule is CSc1nnc(C)n1NC(=O)c1ccc(Cl)c(Cl)c1. The molecule has 0 aliphatic rings. The highest BCUT2D eigenvalue weighted by Crippen LogP contribution is 2.22. The molecular weight excluding hydrogens is 307 g/mol. The average molecular weight is 317 g/mol. The van der Waals surface area contributed by atoms with Crippen molar-refractivity contribution in [3.05, 3.63) is 39.6 Å². The molecular formula is C11H10Cl2N4OS. The highest BCUT2D eigenvalue weighted by molar-refractivity contribution is 7.98. The van der Waals surface area contributed by atoms with Crippen molar-refractivity contribution in [2.24, 2.45) is 0 Å². The zero-order valence-electron chi connectivity index (χ0n) is 10.1. The molecule has 1 heterocycles. The van der Waals surface area contributed by atoms with Gasteiger partial charge in [-0.15, -0.1) is 10.2 Å². The fourth-order valence-electron chi connectivity index (χ4n) is 1.41. The zero-order valence-corrected chi connectivity index (χ0v) is 12.5. The van der Waals surface area contributed by atoms with Gasteiger partial charge in [0.1, 0.15) is 5.82 Å². The molecule has 2 rings (SSSR count). The topological polar surface area (TPSA) is 59.8 Å². The van der Waals surface area contributed by atoms with Crippen LogP contribution in [-0.2, 0) is 0 Å². The third kappa shape index (κ3) is 3.02. The van der Waals surface area contributed by atoms with Crippen molar-refractivity contribution >= 4 is 40.9 Å². The summed E-state index contributed by atoms with van der Waals surface area (Å²) in [6, 6.07) is 4.69. The van der Waals surface area contributed by atoms with Gasteiger partial charge in [0.15, 0.2) is 0 Å². The highest BCUT2D eigenvalue weighted by Gasteiger charge is 2.13. The summed E-state index contributed by atoms with van der Waals surface area (Å²) < 4.78 is 1.52. The third-order valence-corrected chi connectivity index (χ3v) is 3.74. The van der Waals surface area contributed by atoms with Gasteiger partial charge in [0.05, 0.1) is 10.0 Å². The monoisotopic (exact) mass is 316 g/mol. The van der Waals surface area contributed by atoms with Crippen molar-refractivity contribution in [2.75, 3.05) is 11.7 Å². The average Bonchev–Trinajstić information content (AvgIpc) is 2.74. The van der Waals surface area contributed by atoms with Gasteiger partial charge in [-0.25, -0.2) is 4.68 Å². The fourth-order valence-corrected chi connectivity index (χ4v) is 2.19. The van der Waals surface area contributed by atoms with Crippen LogP contribution in [0.4, 0.5) is 0 Å². The Bertz CT molecular complexity index is 629. The second-order valence-corrected chi connectivity index (χ2v) is 5.23. The number of aromatic nitrogens is 3. The van der Waals surface area contributed by atoms with E-state index in [1.165, 1.54) is 22.5 Å². The van der Waals surface area contributed by atoms with E-state index in [4.69, 9.17) is 23.2 Å². The van der Waals surface area contributed by atoms with Crippen molar-refractivity contribution in [3.63, 3.8) is 0 Å². The molecule has 1 amide bonds. The van der Waals surface area contributed by atoms with Crippen molar-refractivity contribution in [2.45, 2.75) is 12.1 Å². The molecule has 0 bridgehead atoms. The second-order valence-electron chi connectivity index (χ2n) is 3.64. The largest absolute Gasteiger partial charge is 0.270 e. The highest BCUT2D eigenvalue weighted by atomic mass is 35.5.